The van der Waals surface area contributed by atoms with Gasteiger partial charge in [-0.05, 0) is 5.41 Å². The molecule has 0 spiro atoms. The average molecular weight is 432 g/mol. The van der Waals surface area contributed by atoms with E-state index < -0.39 is 93.9 Å². The molecule has 2 aromatic carbocycles. The molecule has 0 saturated heterocycles. The molecule has 2 rings (SSSR count). The SMILES string of the molecule is [2H][C@@H](B(c1c(F)c(F)c(F)c(F)c1F)c1c(F)c(F)c(F)c(F)c1F)[C@H]([2H])C(C)(C)C. The first-order valence-electron chi connectivity index (χ1n) is 9.08. The Morgan fingerprint density at radius 3 is 1.03 bits per heavy atom. The molecule has 0 nitrogen and oxygen atoms in total. The van der Waals surface area contributed by atoms with Gasteiger partial charge in [0.15, 0.2) is 58.2 Å². The molecule has 2 atom stereocenters. The van der Waals surface area contributed by atoms with Gasteiger partial charge >= 0.3 is 0 Å². The van der Waals surface area contributed by atoms with E-state index >= 15 is 0 Å². The molecule has 0 amide bonds. The lowest BCUT2D eigenvalue weighted by Crippen LogP contribution is -2.51. The molecule has 0 bridgehead atoms. The Morgan fingerprint density at radius 2 is 0.793 bits per heavy atom. The largest absolute Gasteiger partial charge is 0.225 e. The Morgan fingerprint density at radius 1 is 0.552 bits per heavy atom. The van der Waals surface area contributed by atoms with E-state index in [-0.39, 0.29) is 0 Å². The standard InChI is InChI=1S/C18H13BF10/c1-18(2,3)4-5-19(6-8(20)12(24)16(28)13(25)9(6)21)7-10(22)14(26)17(29)15(27)11(7)23/h4-5H2,1-3H3/i4D,5D/t4-,5+/m0/s1. The molecule has 0 radical (unpaired) electrons. The molecule has 0 N–H and O–H groups in total. The van der Waals surface area contributed by atoms with Crippen molar-refractivity contribution >= 4 is 17.6 Å². The monoisotopic (exact) mass is 432 g/mol. The topological polar surface area (TPSA) is 0 Å². The average Bonchev–Trinajstić information content (AvgIpc) is 2.70. The van der Waals surface area contributed by atoms with Gasteiger partial charge in [-0.15, -0.1) is 0 Å². The van der Waals surface area contributed by atoms with Crippen molar-refractivity contribution in [3.63, 3.8) is 0 Å². The smallest absolute Gasteiger partial charge is 0.204 e. The van der Waals surface area contributed by atoms with Crippen LogP contribution in [0.5, 0.6) is 0 Å². The van der Waals surface area contributed by atoms with Gasteiger partial charge < -0.3 is 0 Å². The van der Waals surface area contributed by atoms with Crippen molar-refractivity contribution in [2.75, 3.05) is 0 Å². The first kappa shape index (κ1) is 20.1. The van der Waals surface area contributed by atoms with Crippen LogP contribution in [0.3, 0.4) is 0 Å². The predicted molar refractivity (Wildman–Crippen MR) is 86.4 cm³/mol. The molecule has 11 heteroatoms. The number of hydrogen-bond donors (Lipinski definition) is 0. The minimum Gasteiger partial charge on any atom is -0.204 e. The lowest BCUT2D eigenvalue weighted by atomic mass is 9.37. The van der Waals surface area contributed by atoms with E-state index in [1.807, 2.05) is 0 Å². The van der Waals surface area contributed by atoms with Crippen LogP contribution < -0.4 is 10.9 Å². The Kier molecular flexibility index (Phi) is 5.48. The van der Waals surface area contributed by atoms with Crippen molar-refractivity contribution in [1.29, 1.82) is 0 Å². The Bertz CT molecular complexity index is 910. The minimum atomic E-state index is -2.91. The fraction of sp³-hybridized carbons (Fsp3) is 0.333. The van der Waals surface area contributed by atoms with Gasteiger partial charge in [-0.1, -0.05) is 33.5 Å². The van der Waals surface area contributed by atoms with E-state index in [0.717, 1.165) is 0 Å². The molecular formula is C18H13BF10. The Balaban J connectivity index is 3.04. The summed E-state index contributed by atoms with van der Waals surface area (Å²) in [6, 6.07) is 0. The summed E-state index contributed by atoms with van der Waals surface area (Å²) in [5, 5.41) is 0. The van der Waals surface area contributed by atoms with Crippen molar-refractivity contribution in [3.8, 4) is 0 Å². The summed E-state index contributed by atoms with van der Waals surface area (Å²) in [7, 11) is 0. The highest BCUT2D eigenvalue weighted by Crippen LogP contribution is 2.26. The maximum atomic E-state index is 14.4. The van der Waals surface area contributed by atoms with Crippen molar-refractivity contribution < 1.29 is 46.6 Å². The molecule has 0 aliphatic heterocycles. The molecule has 0 saturated carbocycles. The molecule has 0 aromatic heterocycles. The lowest BCUT2D eigenvalue weighted by Gasteiger charge is -2.24. The first-order chi connectivity index (χ1) is 14.1. The third-order valence-corrected chi connectivity index (χ3v) is 3.90. The van der Waals surface area contributed by atoms with Gasteiger partial charge in [-0.25, -0.2) is 43.9 Å². The zero-order chi connectivity index (χ0) is 24.2. The number of halogens is 10. The summed E-state index contributed by atoms with van der Waals surface area (Å²) >= 11 is 0. The fourth-order valence-electron chi connectivity index (χ4n) is 2.51. The highest BCUT2D eigenvalue weighted by molar-refractivity contribution is 6.85. The zero-order valence-corrected chi connectivity index (χ0v) is 15.0. The Labute approximate surface area is 162 Å². The highest BCUT2D eigenvalue weighted by Gasteiger charge is 2.39. The number of rotatable bonds is 4. The van der Waals surface area contributed by atoms with Crippen LogP contribution in [0.25, 0.3) is 0 Å². The Hall–Kier alpha value is -2.20. The van der Waals surface area contributed by atoms with E-state index in [0.29, 0.717) is 0 Å². The molecule has 29 heavy (non-hydrogen) atoms. The van der Waals surface area contributed by atoms with Gasteiger partial charge in [0.05, 0.1) is 0 Å². The van der Waals surface area contributed by atoms with E-state index in [1.54, 1.807) is 0 Å². The van der Waals surface area contributed by atoms with Crippen LogP contribution >= 0.6 is 0 Å². The van der Waals surface area contributed by atoms with Gasteiger partial charge in [-0.2, -0.15) is 0 Å². The van der Waals surface area contributed by atoms with E-state index in [1.165, 1.54) is 20.8 Å². The maximum Gasteiger partial charge on any atom is 0.225 e. The molecule has 0 fully saturated rings. The summed E-state index contributed by atoms with van der Waals surface area (Å²) in [6.45, 7) is 1.01. The first-order valence-corrected chi connectivity index (χ1v) is 7.92. The van der Waals surface area contributed by atoms with Crippen molar-refractivity contribution in [3.05, 3.63) is 58.2 Å². The van der Waals surface area contributed by atoms with Crippen LogP contribution in [0.15, 0.2) is 0 Å². The van der Waals surface area contributed by atoms with Crippen LogP contribution in [0.1, 0.15) is 29.9 Å². The molecule has 0 unspecified atom stereocenters. The van der Waals surface area contributed by atoms with Crippen molar-refractivity contribution in [1.82, 2.24) is 0 Å². The summed E-state index contributed by atoms with van der Waals surface area (Å²) in [6.07, 6.45) is -4.25. The van der Waals surface area contributed by atoms with Gasteiger partial charge in [0, 0.05) is 13.7 Å². The molecule has 158 valence electrons. The third kappa shape index (κ3) is 4.09. The predicted octanol–water partition coefficient (Wildman–Crippen LogP) is 5.12. The van der Waals surface area contributed by atoms with Gasteiger partial charge in [0.25, 0.3) is 0 Å². The van der Waals surface area contributed by atoms with Crippen molar-refractivity contribution in [2.45, 2.75) is 33.5 Å². The minimum absolute atomic E-state index is 1.27. The quantitative estimate of drug-likeness (QED) is 0.272. The summed E-state index contributed by atoms with van der Waals surface area (Å²) in [4.78, 5) is 0. The molecule has 0 aliphatic rings. The summed E-state index contributed by atoms with van der Waals surface area (Å²) < 4.78 is 156. The van der Waals surface area contributed by atoms with Gasteiger partial charge in [-0.3, -0.25) is 0 Å². The van der Waals surface area contributed by atoms with Crippen LogP contribution in [-0.4, -0.2) is 6.71 Å². The van der Waals surface area contributed by atoms with Crippen molar-refractivity contribution in [2.24, 2.45) is 5.41 Å². The van der Waals surface area contributed by atoms with E-state index in [2.05, 4.69) is 0 Å². The van der Waals surface area contributed by atoms with E-state index in [4.69, 9.17) is 2.74 Å². The second-order valence-corrected chi connectivity index (χ2v) is 7.17. The normalized spacial score (nSPS) is 15.1. The maximum absolute atomic E-state index is 14.4. The summed E-state index contributed by atoms with van der Waals surface area (Å²) in [5.74, 6) is -25.9. The van der Waals surface area contributed by atoms with E-state index in [9.17, 15) is 43.9 Å². The highest BCUT2D eigenvalue weighted by atomic mass is 19.2. The van der Waals surface area contributed by atoms with Gasteiger partial charge in [0.1, 0.15) is 0 Å². The zero-order valence-electron chi connectivity index (χ0n) is 17.0. The molecular weight excluding hydrogens is 417 g/mol. The number of benzene rings is 2. The summed E-state index contributed by atoms with van der Waals surface area (Å²) in [5.41, 5.74) is -5.24. The molecule has 0 aliphatic carbocycles. The second-order valence-electron chi connectivity index (χ2n) is 7.17. The molecule has 0 heterocycles. The number of hydrogen-bond acceptors (Lipinski definition) is 0. The third-order valence-electron chi connectivity index (χ3n) is 3.90. The second kappa shape index (κ2) is 7.91. The van der Waals surface area contributed by atoms with Crippen LogP contribution in [-0.2, 0) is 0 Å². The lowest BCUT2D eigenvalue weighted by molar-refractivity contribution is 0.380. The molecule has 2 aromatic rings. The fourth-order valence-corrected chi connectivity index (χ4v) is 2.51. The van der Waals surface area contributed by atoms with Gasteiger partial charge in [0.2, 0.25) is 6.71 Å². The van der Waals surface area contributed by atoms with Crippen LogP contribution in [0.4, 0.5) is 43.9 Å². The van der Waals surface area contributed by atoms with Crippen LogP contribution in [0, 0.1) is 63.6 Å². The van der Waals surface area contributed by atoms with Crippen LogP contribution in [0.2, 0.25) is 6.30 Å².